The number of fused-ring (bicyclic) bond motifs is 1. The lowest BCUT2D eigenvalue weighted by Gasteiger charge is -2.44. The highest BCUT2D eigenvalue weighted by Crippen LogP contribution is 2.25. The maximum Gasteiger partial charge on any atom is 0.214 e. The average Bonchev–Trinajstić information content (AvgIpc) is 2.59. The van der Waals surface area contributed by atoms with Crippen LogP contribution in [0, 0.1) is 6.92 Å². The van der Waals surface area contributed by atoms with Gasteiger partial charge in [-0.1, -0.05) is 0 Å². The quantitative estimate of drug-likeness (QED) is 0.722. The molecule has 1 saturated heterocycles. The van der Waals surface area contributed by atoms with E-state index >= 15 is 0 Å². The van der Waals surface area contributed by atoms with Crippen molar-refractivity contribution >= 4 is 0 Å². The van der Waals surface area contributed by atoms with Crippen molar-refractivity contribution in [3.05, 3.63) is 11.8 Å². The predicted molar refractivity (Wildman–Crippen MR) is 58.6 cm³/mol. The Morgan fingerprint density at radius 2 is 2.25 bits per heavy atom. The number of rotatable bonds is 2. The van der Waals surface area contributed by atoms with E-state index in [9.17, 15) is 0 Å². The third-order valence-corrected chi connectivity index (χ3v) is 3.48. The highest BCUT2D eigenvalue weighted by molar-refractivity contribution is 5.23. The molecule has 1 unspecified atom stereocenters. The summed E-state index contributed by atoms with van der Waals surface area (Å²) in [5.41, 5.74) is 1.12. The molecule has 1 aromatic heterocycles. The van der Waals surface area contributed by atoms with Gasteiger partial charge < -0.3 is 9.47 Å². The largest absolute Gasteiger partial charge is 0.476 e. The van der Waals surface area contributed by atoms with Crippen molar-refractivity contribution in [2.24, 2.45) is 0 Å². The van der Waals surface area contributed by atoms with Crippen LogP contribution in [0.15, 0.2) is 6.20 Å². The van der Waals surface area contributed by atoms with Crippen LogP contribution in [-0.2, 0) is 11.3 Å². The van der Waals surface area contributed by atoms with Crippen LogP contribution in [-0.4, -0.2) is 53.6 Å². The average molecular weight is 223 g/mol. The van der Waals surface area contributed by atoms with Gasteiger partial charge in [-0.05, 0) is 6.92 Å². The van der Waals surface area contributed by atoms with Gasteiger partial charge in [0.25, 0.3) is 0 Å². The van der Waals surface area contributed by atoms with Crippen molar-refractivity contribution in [1.29, 1.82) is 0 Å². The molecule has 2 aliphatic rings. The normalized spacial score (nSPS) is 26.0. The number of methoxy groups -OCH3 is 1. The Hall–Kier alpha value is -1.07. The van der Waals surface area contributed by atoms with Gasteiger partial charge in [-0.25, -0.2) is 4.68 Å². The van der Waals surface area contributed by atoms with E-state index in [2.05, 4.69) is 10.00 Å². The summed E-state index contributed by atoms with van der Waals surface area (Å²) in [6.45, 7) is 5.76. The first kappa shape index (κ1) is 10.1. The molecule has 0 amide bonds. The molecule has 2 aliphatic heterocycles. The molecule has 5 heteroatoms. The van der Waals surface area contributed by atoms with Crippen LogP contribution in [0.1, 0.15) is 5.56 Å². The first-order valence-electron chi connectivity index (χ1n) is 5.70. The lowest BCUT2D eigenvalue weighted by molar-refractivity contribution is -0.0684. The molecule has 1 fully saturated rings. The fourth-order valence-corrected chi connectivity index (χ4v) is 2.35. The Balaban J connectivity index is 1.65. The lowest BCUT2D eigenvalue weighted by atomic mass is 10.1. The molecule has 3 heterocycles. The zero-order chi connectivity index (χ0) is 11.1. The number of aromatic nitrogens is 2. The summed E-state index contributed by atoms with van der Waals surface area (Å²) < 4.78 is 13.0. The van der Waals surface area contributed by atoms with Crippen LogP contribution in [0.4, 0.5) is 0 Å². The molecule has 1 aromatic rings. The van der Waals surface area contributed by atoms with E-state index in [1.54, 1.807) is 7.11 Å². The third kappa shape index (κ3) is 1.51. The van der Waals surface area contributed by atoms with Gasteiger partial charge in [0.15, 0.2) is 0 Å². The molecule has 88 valence electrons. The van der Waals surface area contributed by atoms with Gasteiger partial charge in [-0.15, -0.1) is 0 Å². The van der Waals surface area contributed by atoms with Gasteiger partial charge in [0.05, 0.1) is 24.9 Å². The predicted octanol–water partition coefficient (Wildman–Crippen LogP) is 0.283. The van der Waals surface area contributed by atoms with Crippen molar-refractivity contribution < 1.29 is 9.47 Å². The van der Waals surface area contributed by atoms with E-state index in [4.69, 9.17) is 9.47 Å². The molecule has 1 atom stereocenters. The number of hydrogen-bond donors (Lipinski definition) is 0. The first-order chi connectivity index (χ1) is 7.78. The topological polar surface area (TPSA) is 39.5 Å². The van der Waals surface area contributed by atoms with E-state index in [0.717, 1.165) is 37.7 Å². The summed E-state index contributed by atoms with van der Waals surface area (Å²) in [7, 11) is 1.77. The molecule has 0 spiro atoms. The molecule has 0 aliphatic carbocycles. The van der Waals surface area contributed by atoms with Gasteiger partial charge in [-0.2, -0.15) is 5.10 Å². The first-order valence-corrected chi connectivity index (χ1v) is 5.70. The minimum absolute atomic E-state index is 0.403. The van der Waals surface area contributed by atoms with Gasteiger partial charge in [0.2, 0.25) is 5.88 Å². The van der Waals surface area contributed by atoms with Crippen molar-refractivity contribution in [2.45, 2.75) is 25.6 Å². The molecule has 0 bridgehead atoms. The Bertz CT molecular complexity index is 385. The maximum absolute atomic E-state index is 5.75. The Morgan fingerprint density at radius 3 is 3.00 bits per heavy atom. The van der Waals surface area contributed by atoms with E-state index in [0.29, 0.717) is 12.1 Å². The van der Waals surface area contributed by atoms with Crippen molar-refractivity contribution in [1.82, 2.24) is 14.7 Å². The zero-order valence-electron chi connectivity index (χ0n) is 9.72. The standard InChI is InChI=1S/C11H17N3O2/c1-8-3-12-14-4-9(7-16-11(8)14)13-5-10(6-13)15-2/h3,9-10H,4-7H2,1-2H3. The van der Waals surface area contributed by atoms with Crippen LogP contribution >= 0.6 is 0 Å². The Morgan fingerprint density at radius 1 is 1.44 bits per heavy atom. The smallest absolute Gasteiger partial charge is 0.214 e. The van der Waals surface area contributed by atoms with Gasteiger partial charge in [-0.3, -0.25) is 4.90 Å². The SMILES string of the molecule is COC1CN(C2COc3c(C)cnn3C2)C1. The number of hydrogen-bond acceptors (Lipinski definition) is 4. The molecule has 5 nitrogen and oxygen atoms in total. The van der Waals surface area contributed by atoms with E-state index in [1.165, 1.54) is 0 Å². The summed E-state index contributed by atoms with van der Waals surface area (Å²) in [5.74, 6) is 0.931. The second kappa shape index (κ2) is 3.75. The highest BCUT2D eigenvalue weighted by atomic mass is 16.5. The molecular formula is C11H17N3O2. The van der Waals surface area contributed by atoms with Crippen LogP contribution in [0.25, 0.3) is 0 Å². The minimum atomic E-state index is 0.403. The van der Waals surface area contributed by atoms with Crippen LogP contribution in [0.3, 0.4) is 0 Å². The minimum Gasteiger partial charge on any atom is -0.476 e. The number of nitrogens with zero attached hydrogens (tertiary/aromatic N) is 3. The zero-order valence-corrected chi connectivity index (χ0v) is 9.72. The second-order valence-electron chi connectivity index (χ2n) is 4.59. The Kier molecular flexibility index (Phi) is 2.37. The van der Waals surface area contributed by atoms with E-state index in [1.807, 2.05) is 17.8 Å². The fourth-order valence-electron chi connectivity index (χ4n) is 2.35. The molecule has 3 rings (SSSR count). The summed E-state index contributed by atoms with van der Waals surface area (Å²) >= 11 is 0. The molecule has 0 radical (unpaired) electrons. The van der Waals surface area contributed by atoms with Gasteiger partial charge in [0, 0.05) is 25.8 Å². The van der Waals surface area contributed by atoms with E-state index < -0.39 is 0 Å². The third-order valence-electron chi connectivity index (χ3n) is 3.48. The van der Waals surface area contributed by atoms with Crippen molar-refractivity contribution in [3.8, 4) is 5.88 Å². The van der Waals surface area contributed by atoms with E-state index in [-0.39, 0.29) is 0 Å². The molecular weight excluding hydrogens is 206 g/mol. The molecule has 0 saturated carbocycles. The molecule has 0 N–H and O–H groups in total. The summed E-state index contributed by atoms with van der Waals surface area (Å²) in [4.78, 5) is 2.40. The van der Waals surface area contributed by atoms with Crippen LogP contribution in [0.5, 0.6) is 5.88 Å². The summed E-state index contributed by atoms with van der Waals surface area (Å²) in [6, 6.07) is 0.443. The number of ether oxygens (including phenoxy) is 2. The summed E-state index contributed by atoms with van der Waals surface area (Å²) in [5, 5.41) is 4.32. The highest BCUT2D eigenvalue weighted by Gasteiger charge is 2.35. The van der Waals surface area contributed by atoms with Crippen molar-refractivity contribution in [3.63, 3.8) is 0 Å². The lowest BCUT2D eigenvalue weighted by Crippen LogP contribution is -2.59. The van der Waals surface area contributed by atoms with Crippen LogP contribution in [0.2, 0.25) is 0 Å². The van der Waals surface area contributed by atoms with Crippen LogP contribution < -0.4 is 4.74 Å². The number of aryl methyl sites for hydroxylation is 1. The number of likely N-dealkylation sites (tertiary alicyclic amines) is 1. The van der Waals surface area contributed by atoms with Crippen molar-refractivity contribution in [2.75, 3.05) is 26.8 Å². The van der Waals surface area contributed by atoms with Gasteiger partial charge >= 0.3 is 0 Å². The molecule has 0 aromatic carbocycles. The molecule has 16 heavy (non-hydrogen) atoms. The monoisotopic (exact) mass is 223 g/mol. The summed E-state index contributed by atoms with van der Waals surface area (Å²) in [6.07, 6.45) is 2.27. The Labute approximate surface area is 94.9 Å². The maximum atomic E-state index is 5.75. The second-order valence-corrected chi connectivity index (χ2v) is 4.59. The fraction of sp³-hybridized carbons (Fsp3) is 0.727. The van der Waals surface area contributed by atoms with Gasteiger partial charge in [0.1, 0.15) is 6.61 Å².